The standard InChI is InChI=1S/C13H16O3/c1-9(14)10-5-2-3-7-12(10)16-13-8-4-6-11(13)15/h2-3,5,7,11,13,15H,4,6,8H2,1H3/t11-,13-/m0/s1. The van der Waals surface area contributed by atoms with Crippen LogP contribution >= 0.6 is 0 Å². The molecule has 1 aliphatic rings. The van der Waals surface area contributed by atoms with Crippen LogP contribution in [0, 0.1) is 0 Å². The number of aliphatic hydroxyl groups excluding tert-OH is 1. The minimum atomic E-state index is -0.403. The molecule has 0 aliphatic heterocycles. The summed E-state index contributed by atoms with van der Waals surface area (Å²) >= 11 is 0. The number of para-hydroxylation sites is 1. The lowest BCUT2D eigenvalue weighted by molar-refractivity contribution is 0.0594. The molecular weight excluding hydrogens is 204 g/mol. The van der Waals surface area contributed by atoms with Gasteiger partial charge in [0.2, 0.25) is 0 Å². The van der Waals surface area contributed by atoms with Crippen molar-refractivity contribution >= 4 is 5.78 Å². The summed E-state index contributed by atoms with van der Waals surface area (Å²) in [6, 6.07) is 7.18. The zero-order valence-corrected chi connectivity index (χ0v) is 9.35. The molecule has 1 aromatic carbocycles. The van der Waals surface area contributed by atoms with Crippen LogP contribution in [0.15, 0.2) is 24.3 Å². The lowest BCUT2D eigenvalue weighted by Crippen LogP contribution is -2.26. The van der Waals surface area contributed by atoms with E-state index in [9.17, 15) is 9.90 Å². The van der Waals surface area contributed by atoms with Gasteiger partial charge in [-0.15, -0.1) is 0 Å². The first kappa shape index (κ1) is 11.1. The van der Waals surface area contributed by atoms with E-state index in [-0.39, 0.29) is 11.9 Å². The third kappa shape index (κ3) is 2.25. The molecule has 1 saturated carbocycles. The molecule has 2 rings (SSSR count). The van der Waals surface area contributed by atoms with Crippen molar-refractivity contribution in [2.45, 2.75) is 38.4 Å². The van der Waals surface area contributed by atoms with Crippen molar-refractivity contribution in [3.05, 3.63) is 29.8 Å². The summed E-state index contributed by atoms with van der Waals surface area (Å²) in [6.45, 7) is 1.52. The first-order valence-corrected chi connectivity index (χ1v) is 5.63. The molecule has 0 aromatic heterocycles. The number of carbonyl (C=O) groups excluding carboxylic acids is 1. The van der Waals surface area contributed by atoms with Gasteiger partial charge in [-0.05, 0) is 38.3 Å². The maximum atomic E-state index is 11.4. The van der Waals surface area contributed by atoms with E-state index < -0.39 is 6.10 Å². The number of Topliss-reactive ketones (excluding diaryl/α,β-unsaturated/α-hetero) is 1. The average molecular weight is 220 g/mol. The van der Waals surface area contributed by atoms with Crippen LogP contribution < -0.4 is 4.74 Å². The third-order valence-corrected chi connectivity index (χ3v) is 2.96. The van der Waals surface area contributed by atoms with Gasteiger partial charge in [-0.1, -0.05) is 12.1 Å². The van der Waals surface area contributed by atoms with Crippen LogP contribution in [0.1, 0.15) is 36.5 Å². The number of carbonyl (C=O) groups is 1. The van der Waals surface area contributed by atoms with Crippen molar-refractivity contribution in [1.29, 1.82) is 0 Å². The Kier molecular flexibility index (Phi) is 3.25. The van der Waals surface area contributed by atoms with Crippen LogP contribution in [0.3, 0.4) is 0 Å². The topological polar surface area (TPSA) is 46.5 Å². The van der Waals surface area contributed by atoms with Gasteiger partial charge in [0.05, 0.1) is 11.7 Å². The molecule has 0 unspecified atom stereocenters. The molecular formula is C13H16O3. The second-order valence-electron chi connectivity index (χ2n) is 4.21. The Hall–Kier alpha value is -1.35. The largest absolute Gasteiger partial charge is 0.487 e. The van der Waals surface area contributed by atoms with Crippen LogP contribution in [0.2, 0.25) is 0 Å². The number of ether oxygens (including phenoxy) is 1. The molecule has 1 N–H and O–H groups in total. The quantitative estimate of drug-likeness (QED) is 0.794. The van der Waals surface area contributed by atoms with E-state index in [2.05, 4.69) is 0 Å². The fraction of sp³-hybridized carbons (Fsp3) is 0.462. The molecule has 3 heteroatoms. The van der Waals surface area contributed by atoms with Crippen molar-refractivity contribution in [3.63, 3.8) is 0 Å². The molecule has 1 aromatic rings. The number of ketones is 1. The van der Waals surface area contributed by atoms with Gasteiger partial charge in [0.25, 0.3) is 0 Å². The molecule has 0 amide bonds. The van der Waals surface area contributed by atoms with Gasteiger partial charge in [0.15, 0.2) is 5.78 Å². The highest BCUT2D eigenvalue weighted by molar-refractivity contribution is 5.96. The van der Waals surface area contributed by atoms with E-state index in [1.54, 1.807) is 12.1 Å². The summed E-state index contributed by atoms with van der Waals surface area (Å²) in [5, 5.41) is 9.67. The highest BCUT2D eigenvalue weighted by Gasteiger charge is 2.27. The molecule has 2 atom stereocenters. The van der Waals surface area contributed by atoms with Gasteiger partial charge in [-0.3, -0.25) is 4.79 Å². The van der Waals surface area contributed by atoms with Gasteiger partial charge in [0.1, 0.15) is 11.9 Å². The van der Waals surface area contributed by atoms with Gasteiger partial charge >= 0.3 is 0 Å². The van der Waals surface area contributed by atoms with Gasteiger partial charge in [0, 0.05) is 0 Å². The van der Waals surface area contributed by atoms with Gasteiger partial charge in [-0.2, -0.15) is 0 Å². The summed E-state index contributed by atoms with van der Waals surface area (Å²) in [6.07, 6.45) is 2.05. The van der Waals surface area contributed by atoms with Crippen molar-refractivity contribution in [2.75, 3.05) is 0 Å². The summed E-state index contributed by atoms with van der Waals surface area (Å²) in [4.78, 5) is 11.4. The molecule has 0 bridgehead atoms. The Morgan fingerprint density at radius 2 is 2.12 bits per heavy atom. The number of rotatable bonds is 3. The maximum absolute atomic E-state index is 11.4. The lowest BCUT2D eigenvalue weighted by atomic mass is 10.1. The normalized spacial score (nSPS) is 24.4. The minimum Gasteiger partial charge on any atom is -0.487 e. The van der Waals surface area contributed by atoms with Crippen LogP contribution in [0.4, 0.5) is 0 Å². The van der Waals surface area contributed by atoms with E-state index in [1.807, 2.05) is 12.1 Å². The van der Waals surface area contributed by atoms with E-state index >= 15 is 0 Å². The number of hydrogen-bond donors (Lipinski definition) is 1. The number of benzene rings is 1. The predicted octanol–water partition coefficient (Wildman–Crippen LogP) is 2.18. The van der Waals surface area contributed by atoms with E-state index in [0.29, 0.717) is 11.3 Å². The molecule has 1 fully saturated rings. The summed E-state index contributed by atoms with van der Waals surface area (Å²) in [5.41, 5.74) is 0.585. The molecule has 0 saturated heterocycles. The molecule has 16 heavy (non-hydrogen) atoms. The molecule has 86 valence electrons. The molecule has 0 heterocycles. The smallest absolute Gasteiger partial charge is 0.163 e. The Labute approximate surface area is 95.0 Å². The van der Waals surface area contributed by atoms with Crippen molar-refractivity contribution < 1.29 is 14.6 Å². The average Bonchev–Trinajstić information content (AvgIpc) is 2.65. The van der Waals surface area contributed by atoms with Crippen molar-refractivity contribution in [3.8, 4) is 5.75 Å². The lowest BCUT2D eigenvalue weighted by Gasteiger charge is -2.18. The summed E-state index contributed by atoms with van der Waals surface area (Å²) in [5.74, 6) is 0.573. The Morgan fingerprint density at radius 1 is 1.38 bits per heavy atom. The highest BCUT2D eigenvalue weighted by Crippen LogP contribution is 2.27. The van der Waals surface area contributed by atoms with Gasteiger partial charge < -0.3 is 9.84 Å². The Morgan fingerprint density at radius 3 is 2.75 bits per heavy atom. The van der Waals surface area contributed by atoms with Crippen LogP contribution in [0.25, 0.3) is 0 Å². The first-order chi connectivity index (χ1) is 7.68. The molecule has 3 nitrogen and oxygen atoms in total. The monoisotopic (exact) mass is 220 g/mol. The zero-order valence-electron chi connectivity index (χ0n) is 9.35. The second-order valence-corrected chi connectivity index (χ2v) is 4.21. The van der Waals surface area contributed by atoms with E-state index in [0.717, 1.165) is 19.3 Å². The number of hydrogen-bond acceptors (Lipinski definition) is 3. The van der Waals surface area contributed by atoms with Gasteiger partial charge in [-0.25, -0.2) is 0 Å². The second kappa shape index (κ2) is 4.66. The summed E-state index contributed by atoms with van der Waals surface area (Å²) < 4.78 is 5.71. The fourth-order valence-electron chi connectivity index (χ4n) is 2.07. The zero-order chi connectivity index (χ0) is 11.5. The van der Waals surface area contributed by atoms with Crippen LogP contribution in [-0.4, -0.2) is 23.1 Å². The molecule has 1 aliphatic carbocycles. The first-order valence-electron chi connectivity index (χ1n) is 5.63. The third-order valence-electron chi connectivity index (χ3n) is 2.96. The summed E-state index contributed by atoms with van der Waals surface area (Å²) in [7, 11) is 0. The van der Waals surface area contributed by atoms with E-state index in [4.69, 9.17) is 4.74 Å². The SMILES string of the molecule is CC(=O)c1ccccc1O[C@H]1CCC[C@@H]1O. The predicted molar refractivity (Wildman–Crippen MR) is 60.7 cm³/mol. The Balaban J connectivity index is 2.17. The number of aliphatic hydroxyl groups is 1. The molecule has 0 radical (unpaired) electrons. The maximum Gasteiger partial charge on any atom is 0.163 e. The Bertz CT molecular complexity index is 387. The fourth-order valence-corrected chi connectivity index (χ4v) is 2.07. The minimum absolute atomic E-state index is 0.0110. The van der Waals surface area contributed by atoms with E-state index in [1.165, 1.54) is 6.92 Å². The van der Waals surface area contributed by atoms with Crippen LogP contribution in [0.5, 0.6) is 5.75 Å². The van der Waals surface area contributed by atoms with Crippen molar-refractivity contribution in [1.82, 2.24) is 0 Å². The highest BCUT2D eigenvalue weighted by atomic mass is 16.5. The molecule has 0 spiro atoms. The van der Waals surface area contributed by atoms with Crippen LogP contribution in [-0.2, 0) is 0 Å². The van der Waals surface area contributed by atoms with Crippen molar-refractivity contribution in [2.24, 2.45) is 0 Å².